The Bertz CT molecular complexity index is 1050. The van der Waals surface area contributed by atoms with Crippen LogP contribution in [0.5, 0.6) is 5.75 Å². The van der Waals surface area contributed by atoms with Gasteiger partial charge < -0.3 is 19.7 Å². The molecule has 2 aromatic rings. The first-order chi connectivity index (χ1) is 15.5. The maximum absolute atomic E-state index is 12.7. The maximum Gasteiger partial charge on any atom is 0.294 e. The molecule has 2 aliphatic heterocycles. The van der Waals surface area contributed by atoms with E-state index in [4.69, 9.17) is 9.47 Å². The van der Waals surface area contributed by atoms with Crippen molar-refractivity contribution in [3.05, 3.63) is 59.0 Å². The molecule has 2 fully saturated rings. The molecule has 166 valence electrons. The number of morpholine rings is 1. The Morgan fingerprint density at radius 1 is 1.12 bits per heavy atom. The number of hydrogen-bond acceptors (Lipinski definition) is 7. The van der Waals surface area contributed by atoms with Crippen LogP contribution in [-0.2, 0) is 14.3 Å². The van der Waals surface area contributed by atoms with E-state index in [1.54, 1.807) is 30.3 Å². The number of thioether (sulfide) groups is 1. The molecule has 0 unspecified atom stereocenters. The van der Waals surface area contributed by atoms with Crippen molar-refractivity contribution in [3.63, 3.8) is 0 Å². The van der Waals surface area contributed by atoms with E-state index < -0.39 is 17.1 Å². The summed E-state index contributed by atoms with van der Waals surface area (Å²) in [5.41, 5.74) is 2.34. The van der Waals surface area contributed by atoms with Gasteiger partial charge in [0.25, 0.3) is 11.1 Å². The second kappa shape index (κ2) is 9.88. The van der Waals surface area contributed by atoms with Gasteiger partial charge in [0.15, 0.2) is 0 Å². The van der Waals surface area contributed by atoms with Gasteiger partial charge in [0.2, 0.25) is 5.91 Å². The van der Waals surface area contributed by atoms with E-state index >= 15 is 0 Å². The van der Waals surface area contributed by atoms with E-state index in [1.807, 2.05) is 24.3 Å². The lowest BCUT2D eigenvalue weighted by Gasteiger charge is -2.28. The van der Waals surface area contributed by atoms with Gasteiger partial charge in [0.1, 0.15) is 12.3 Å². The van der Waals surface area contributed by atoms with Gasteiger partial charge in [-0.25, -0.2) is 0 Å². The van der Waals surface area contributed by atoms with Crippen molar-refractivity contribution in [2.45, 2.75) is 0 Å². The topological polar surface area (TPSA) is 88.2 Å². The molecule has 0 atom stereocenters. The molecule has 8 nitrogen and oxygen atoms in total. The third-order valence-corrected chi connectivity index (χ3v) is 6.04. The number of hydrogen-bond donors (Lipinski definition) is 1. The SMILES string of the molecule is COc1ccccc1/C=C1\SC(=O)N(CC(=O)Nc2ccc(N3CCOCC3)cc2)C1=O. The fraction of sp³-hybridized carbons (Fsp3) is 0.261. The molecular formula is C23H23N3O5S. The minimum atomic E-state index is -0.497. The number of rotatable bonds is 6. The van der Waals surface area contributed by atoms with E-state index in [0.29, 0.717) is 30.2 Å². The van der Waals surface area contributed by atoms with Crippen LogP contribution in [0.1, 0.15) is 5.56 Å². The number of nitrogens with zero attached hydrogens (tertiary/aromatic N) is 2. The van der Waals surface area contributed by atoms with Gasteiger partial charge in [-0.05, 0) is 48.2 Å². The molecule has 3 amide bonds. The molecule has 1 N–H and O–H groups in total. The molecule has 0 radical (unpaired) electrons. The van der Waals surface area contributed by atoms with Crippen LogP contribution in [-0.4, -0.2) is 61.9 Å². The molecule has 32 heavy (non-hydrogen) atoms. The number of para-hydroxylation sites is 1. The summed E-state index contributed by atoms with van der Waals surface area (Å²) in [5.74, 6) is -0.341. The van der Waals surface area contributed by atoms with E-state index in [2.05, 4.69) is 10.2 Å². The van der Waals surface area contributed by atoms with Crippen molar-refractivity contribution < 1.29 is 23.9 Å². The highest BCUT2D eigenvalue weighted by Crippen LogP contribution is 2.33. The zero-order chi connectivity index (χ0) is 22.5. The largest absolute Gasteiger partial charge is 0.496 e. The fourth-order valence-electron chi connectivity index (χ4n) is 3.48. The van der Waals surface area contributed by atoms with E-state index in [-0.39, 0.29) is 11.4 Å². The maximum atomic E-state index is 12.7. The summed E-state index contributed by atoms with van der Waals surface area (Å²) >= 11 is 0.809. The van der Waals surface area contributed by atoms with Crippen LogP contribution in [0.25, 0.3) is 6.08 Å². The Balaban J connectivity index is 1.38. The van der Waals surface area contributed by atoms with Crippen LogP contribution in [0.2, 0.25) is 0 Å². The Morgan fingerprint density at radius 3 is 2.56 bits per heavy atom. The lowest BCUT2D eigenvalue weighted by Crippen LogP contribution is -2.36. The summed E-state index contributed by atoms with van der Waals surface area (Å²) < 4.78 is 10.6. The van der Waals surface area contributed by atoms with Crippen molar-refractivity contribution in [2.75, 3.05) is 50.2 Å². The highest BCUT2D eigenvalue weighted by atomic mass is 32.2. The van der Waals surface area contributed by atoms with E-state index in [9.17, 15) is 14.4 Å². The highest BCUT2D eigenvalue weighted by molar-refractivity contribution is 8.18. The summed E-state index contributed by atoms with van der Waals surface area (Å²) in [6.07, 6.45) is 1.60. The third-order valence-electron chi connectivity index (χ3n) is 5.13. The summed E-state index contributed by atoms with van der Waals surface area (Å²) in [4.78, 5) is 40.9. The number of methoxy groups -OCH3 is 1. The smallest absolute Gasteiger partial charge is 0.294 e. The number of amides is 3. The molecule has 0 spiro atoms. The third kappa shape index (κ3) is 4.95. The predicted molar refractivity (Wildman–Crippen MR) is 124 cm³/mol. The molecule has 9 heteroatoms. The van der Waals surface area contributed by atoms with Gasteiger partial charge >= 0.3 is 0 Å². The van der Waals surface area contributed by atoms with Gasteiger partial charge in [0, 0.05) is 30.0 Å². The summed E-state index contributed by atoms with van der Waals surface area (Å²) in [5, 5.41) is 2.27. The predicted octanol–water partition coefficient (Wildman–Crippen LogP) is 3.21. The van der Waals surface area contributed by atoms with E-state index in [1.165, 1.54) is 7.11 Å². The summed E-state index contributed by atoms with van der Waals surface area (Å²) in [7, 11) is 1.54. The Labute approximate surface area is 190 Å². The summed E-state index contributed by atoms with van der Waals surface area (Å²) in [6, 6.07) is 14.7. The van der Waals surface area contributed by atoms with Crippen molar-refractivity contribution in [1.29, 1.82) is 0 Å². The second-order valence-corrected chi connectivity index (χ2v) is 8.20. The van der Waals surface area contributed by atoms with Crippen LogP contribution >= 0.6 is 11.8 Å². The van der Waals surface area contributed by atoms with Crippen molar-refractivity contribution in [3.8, 4) is 5.75 Å². The molecule has 4 rings (SSSR count). The molecule has 2 heterocycles. The second-order valence-electron chi connectivity index (χ2n) is 7.20. The standard InChI is InChI=1S/C23H23N3O5S/c1-30-19-5-3-2-4-16(19)14-20-22(28)26(23(29)32-20)15-21(27)24-17-6-8-18(9-7-17)25-10-12-31-13-11-25/h2-9,14H,10-13,15H2,1H3,(H,24,27)/b20-14-. The van der Waals surface area contributed by atoms with Crippen molar-refractivity contribution in [1.82, 2.24) is 4.90 Å². The molecule has 2 saturated heterocycles. The minimum absolute atomic E-state index is 0.252. The first-order valence-electron chi connectivity index (χ1n) is 10.2. The zero-order valence-corrected chi connectivity index (χ0v) is 18.4. The van der Waals surface area contributed by atoms with Gasteiger partial charge in [-0.3, -0.25) is 19.3 Å². The van der Waals surface area contributed by atoms with Gasteiger partial charge in [-0.2, -0.15) is 0 Å². The molecule has 0 aliphatic carbocycles. The number of nitrogens with one attached hydrogen (secondary N) is 1. The number of carbonyl (C=O) groups is 3. The van der Waals surface area contributed by atoms with Gasteiger partial charge in [0.05, 0.1) is 25.2 Å². The molecule has 0 saturated carbocycles. The molecule has 0 aromatic heterocycles. The van der Waals surface area contributed by atoms with Gasteiger partial charge in [-0.15, -0.1) is 0 Å². The highest BCUT2D eigenvalue weighted by Gasteiger charge is 2.36. The fourth-order valence-corrected chi connectivity index (χ4v) is 4.31. The number of anilines is 2. The molecule has 2 aromatic carbocycles. The van der Waals surface area contributed by atoms with Crippen LogP contribution in [0, 0.1) is 0 Å². The lowest BCUT2D eigenvalue weighted by atomic mass is 10.2. The number of carbonyl (C=O) groups excluding carboxylic acids is 3. The number of imide groups is 1. The van der Waals surface area contributed by atoms with Gasteiger partial charge in [-0.1, -0.05) is 18.2 Å². The average Bonchev–Trinajstić information content (AvgIpc) is 3.08. The Morgan fingerprint density at radius 2 is 1.84 bits per heavy atom. The first kappa shape index (κ1) is 21.9. The van der Waals surface area contributed by atoms with E-state index in [0.717, 1.165) is 35.4 Å². The van der Waals surface area contributed by atoms with Crippen LogP contribution in [0.3, 0.4) is 0 Å². The minimum Gasteiger partial charge on any atom is -0.496 e. The Hall–Kier alpha value is -3.30. The van der Waals surface area contributed by atoms with Crippen molar-refractivity contribution >= 4 is 46.3 Å². The monoisotopic (exact) mass is 453 g/mol. The quantitative estimate of drug-likeness (QED) is 0.672. The molecule has 2 aliphatic rings. The Kier molecular flexibility index (Phi) is 6.77. The molecular weight excluding hydrogens is 430 g/mol. The van der Waals surface area contributed by atoms with Crippen molar-refractivity contribution in [2.24, 2.45) is 0 Å². The lowest BCUT2D eigenvalue weighted by molar-refractivity contribution is -0.127. The normalized spacial score (nSPS) is 17.7. The zero-order valence-electron chi connectivity index (χ0n) is 17.6. The van der Waals surface area contributed by atoms with Crippen LogP contribution in [0.15, 0.2) is 53.4 Å². The molecule has 0 bridgehead atoms. The van der Waals surface area contributed by atoms with Crippen LogP contribution in [0.4, 0.5) is 16.2 Å². The van der Waals surface area contributed by atoms with Crippen LogP contribution < -0.4 is 15.0 Å². The average molecular weight is 454 g/mol. The number of ether oxygens (including phenoxy) is 2. The first-order valence-corrected chi connectivity index (χ1v) is 11.0. The summed E-state index contributed by atoms with van der Waals surface area (Å²) in [6.45, 7) is 2.70. The number of benzene rings is 2.